The van der Waals surface area contributed by atoms with Crippen molar-refractivity contribution < 1.29 is 4.79 Å². The molecule has 1 heterocycles. The summed E-state index contributed by atoms with van der Waals surface area (Å²) in [6, 6.07) is 1.85. The minimum Gasteiger partial charge on any atom is -0.324 e. The maximum atomic E-state index is 11.1. The molecule has 1 amide bonds. The van der Waals surface area contributed by atoms with Gasteiger partial charge in [-0.1, -0.05) is 5.92 Å². The van der Waals surface area contributed by atoms with Crippen molar-refractivity contribution >= 4 is 22.9 Å². The standard InChI is InChI=1S/C9H10N2OS/c1-2-4-10-6-9(12)11-8-3-5-13-7-8/h1,3,5,7,10H,4,6H2,(H,11,12). The molecule has 0 radical (unpaired) electrons. The van der Waals surface area contributed by atoms with Gasteiger partial charge in [0.1, 0.15) is 0 Å². The Morgan fingerprint density at radius 1 is 1.69 bits per heavy atom. The Morgan fingerprint density at radius 3 is 3.15 bits per heavy atom. The first-order valence-electron chi connectivity index (χ1n) is 3.79. The van der Waals surface area contributed by atoms with Crippen molar-refractivity contribution in [3.63, 3.8) is 0 Å². The van der Waals surface area contributed by atoms with Crippen LogP contribution in [0, 0.1) is 12.3 Å². The first kappa shape index (κ1) is 9.78. The van der Waals surface area contributed by atoms with Crippen molar-refractivity contribution in [1.29, 1.82) is 0 Å². The van der Waals surface area contributed by atoms with E-state index in [-0.39, 0.29) is 12.5 Å². The van der Waals surface area contributed by atoms with Gasteiger partial charge in [-0.05, 0) is 11.4 Å². The van der Waals surface area contributed by atoms with Crippen LogP contribution in [-0.2, 0) is 4.79 Å². The van der Waals surface area contributed by atoms with E-state index in [9.17, 15) is 4.79 Å². The van der Waals surface area contributed by atoms with E-state index in [1.165, 1.54) is 0 Å². The third-order valence-corrected chi connectivity index (χ3v) is 2.00. The Morgan fingerprint density at radius 2 is 2.54 bits per heavy atom. The highest BCUT2D eigenvalue weighted by Gasteiger charge is 2.00. The van der Waals surface area contributed by atoms with Gasteiger partial charge < -0.3 is 5.32 Å². The lowest BCUT2D eigenvalue weighted by Crippen LogP contribution is -2.28. The summed E-state index contributed by atoms with van der Waals surface area (Å²) in [5.41, 5.74) is 0.831. The van der Waals surface area contributed by atoms with Crippen LogP contribution >= 0.6 is 11.3 Å². The first-order valence-corrected chi connectivity index (χ1v) is 4.73. The Labute approximate surface area is 81.2 Å². The summed E-state index contributed by atoms with van der Waals surface area (Å²) >= 11 is 1.54. The highest BCUT2D eigenvalue weighted by Crippen LogP contribution is 2.10. The van der Waals surface area contributed by atoms with Crippen LogP contribution in [0.2, 0.25) is 0 Å². The highest BCUT2D eigenvalue weighted by atomic mass is 32.1. The summed E-state index contributed by atoms with van der Waals surface area (Å²) in [5, 5.41) is 9.31. The molecule has 0 bridgehead atoms. The molecule has 0 unspecified atom stereocenters. The molecule has 0 aliphatic rings. The number of amides is 1. The van der Waals surface area contributed by atoms with Crippen molar-refractivity contribution in [3.8, 4) is 12.3 Å². The van der Waals surface area contributed by atoms with Crippen LogP contribution < -0.4 is 10.6 Å². The van der Waals surface area contributed by atoms with Gasteiger partial charge in [0.25, 0.3) is 0 Å². The zero-order valence-corrected chi connectivity index (χ0v) is 7.86. The van der Waals surface area contributed by atoms with Crippen LogP contribution in [0.5, 0.6) is 0 Å². The Kier molecular flexibility index (Phi) is 4.03. The van der Waals surface area contributed by atoms with Gasteiger partial charge in [-0.15, -0.1) is 6.42 Å². The minimum atomic E-state index is -0.0753. The van der Waals surface area contributed by atoms with Crippen molar-refractivity contribution in [3.05, 3.63) is 16.8 Å². The van der Waals surface area contributed by atoms with E-state index in [0.29, 0.717) is 6.54 Å². The number of anilines is 1. The molecular formula is C9H10N2OS. The van der Waals surface area contributed by atoms with E-state index in [0.717, 1.165) is 5.69 Å². The number of rotatable bonds is 4. The number of carbonyl (C=O) groups excluding carboxylic acids is 1. The van der Waals surface area contributed by atoms with Crippen molar-refractivity contribution in [1.82, 2.24) is 5.32 Å². The molecule has 0 fully saturated rings. The highest BCUT2D eigenvalue weighted by molar-refractivity contribution is 7.08. The van der Waals surface area contributed by atoms with E-state index < -0.39 is 0 Å². The second kappa shape index (κ2) is 5.36. The Balaban J connectivity index is 2.23. The molecule has 0 saturated carbocycles. The molecule has 2 N–H and O–H groups in total. The predicted molar refractivity (Wildman–Crippen MR) is 54.7 cm³/mol. The van der Waals surface area contributed by atoms with Gasteiger partial charge in [-0.2, -0.15) is 11.3 Å². The lowest BCUT2D eigenvalue weighted by molar-refractivity contribution is -0.115. The van der Waals surface area contributed by atoms with Crippen LogP contribution in [-0.4, -0.2) is 19.0 Å². The van der Waals surface area contributed by atoms with Gasteiger partial charge >= 0.3 is 0 Å². The number of hydrogen-bond donors (Lipinski definition) is 2. The fourth-order valence-corrected chi connectivity index (χ4v) is 1.38. The van der Waals surface area contributed by atoms with Crippen molar-refractivity contribution in [2.24, 2.45) is 0 Å². The van der Waals surface area contributed by atoms with Crippen LogP contribution in [0.3, 0.4) is 0 Å². The van der Waals surface area contributed by atoms with Gasteiger partial charge in [0.05, 0.1) is 18.8 Å². The normalized spacial score (nSPS) is 9.15. The molecule has 3 nitrogen and oxygen atoms in total. The maximum absolute atomic E-state index is 11.1. The van der Waals surface area contributed by atoms with Crippen LogP contribution in [0.25, 0.3) is 0 Å². The van der Waals surface area contributed by atoms with Crippen LogP contribution in [0.1, 0.15) is 0 Å². The SMILES string of the molecule is C#CCNCC(=O)Nc1ccsc1. The summed E-state index contributed by atoms with van der Waals surface area (Å²) in [7, 11) is 0. The van der Waals surface area contributed by atoms with E-state index in [2.05, 4.69) is 16.6 Å². The van der Waals surface area contributed by atoms with Crippen LogP contribution in [0.4, 0.5) is 5.69 Å². The van der Waals surface area contributed by atoms with Gasteiger partial charge in [0, 0.05) is 5.38 Å². The number of nitrogens with one attached hydrogen (secondary N) is 2. The molecule has 1 aromatic rings. The third kappa shape index (κ3) is 3.74. The monoisotopic (exact) mass is 194 g/mol. The van der Waals surface area contributed by atoms with Gasteiger partial charge in [0.15, 0.2) is 0 Å². The largest absolute Gasteiger partial charge is 0.324 e. The van der Waals surface area contributed by atoms with Crippen molar-refractivity contribution in [2.75, 3.05) is 18.4 Å². The molecule has 0 aromatic carbocycles. The molecule has 0 spiro atoms. The van der Waals surface area contributed by atoms with Gasteiger partial charge in [-0.25, -0.2) is 0 Å². The zero-order chi connectivity index (χ0) is 9.52. The molecule has 68 valence electrons. The summed E-state index contributed by atoms with van der Waals surface area (Å²) < 4.78 is 0. The molecule has 0 atom stereocenters. The lowest BCUT2D eigenvalue weighted by atomic mass is 10.5. The fourth-order valence-electron chi connectivity index (χ4n) is 0.789. The second-order valence-electron chi connectivity index (χ2n) is 2.37. The van der Waals surface area contributed by atoms with Gasteiger partial charge in [0.2, 0.25) is 5.91 Å². The fraction of sp³-hybridized carbons (Fsp3) is 0.222. The maximum Gasteiger partial charge on any atom is 0.238 e. The Hall–Kier alpha value is -1.31. The molecule has 0 saturated heterocycles. The zero-order valence-electron chi connectivity index (χ0n) is 7.04. The molecule has 0 aliphatic carbocycles. The van der Waals surface area contributed by atoms with Crippen LogP contribution in [0.15, 0.2) is 16.8 Å². The lowest BCUT2D eigenvalue weighted by Gasteiger charge is -2.01. The topological polar surface area (TPSA) is 41.1 Å². The molecule has 1 aromatic heterocycles. The molecule has 4 heteroatoms. The number of terminal acetylenes is 1. The second-order valence-corrected chi connectivity index (χ2v) is 3.15. The minimum absolute atomic E-state index is 0.0753. The predicted octanol–water partition coefficient (Wildman–Crippen LogP) is 0.909. The third-order valence-electron chi connectivity index (χ3n) is 1.32. The number of hydrogen-bond acceptors (Lipinski definition) is 3. The summed E-state index contributed by atoms with van der Waals surface area (Å²) in [6.45, 7) is 0.664. The average molecular weight is 194 g/mol. The number of thiophene rings is 1. The smallest absolute Gasteiger partial charge is 0.238 e. The molecule has 13 heavy (non-hydrogen) atoms. The van der Waals surface area contributed by atoms with Crippen molar-refractivity contribution in [2.45, 2.75) is 0 Å². The van der Waals surface area contributed by atoms with E-state index in [4.69, 9.17) is 6.42 Å². The van der Waals surface area contributed by atoms with E-state index in [1.54, 1.807) is 11.3 Å². The van der Waals surface area contributed by atoms with E-state index >= 15 is 0 Å². The summed E-state index contributed by atoms with van der Waals surface area (Å²) in [5.74, 6) is 2.32. The molecule has 1 rings (SSSR count). The summed E-state index contributed by atoms with van der Waals surface area (Å²) in [4.78, 5) is 11.1. The molecular weight excluding hydrogens is 184 g/mol. The van der Waals surface area contributed by atoms with E-state index in [1.807, 2.05) is 16.8 Å². The summed E-state index contributed by atoms with van der Waals surface area (Å²) in [6.07, 6.45) is 5.01. The molecule has 0 aliphatic heterocycles. The first-order chi connectivity index (χ1) is 6.33. The van der Waals surface area contributed by atoms with Gasteiger partial charge in [-0.3, -0.25) is 10.1 Å². The number of carbonyl (C=O) groups is 1. The quantitative estimate of drug-likeness (QED) is 0.552. The Bertz CT molecular complexity index is 300. The average Bonchev–Trinajstić information content (AvgIpc) is 2.57.